The standard InChI is InChI=1S/C11H14ClF2NO2/c1-7-2-3-9(15-6-8(16)5-12)10(4-7)17-11(13)14/h2-4,8,11,15-16H,5-6H2,1H3. The summed E-state index contributed by atoms with van der Waals surface area (Å²) < 4.78 is 28.7. The molecule has 0 saturated carbocycles. The number of hydrogen-bond acceptors (Lipinski definition) is 3. The van der Waals surface area contributed by atoms with Gasteiger partial charge >= 0.3 is 6.61 Å². The highest BCUT2D eigenvalue weighted by Gasteiger charge is 2.11. The predicted molar refractivity (Wildman–Crippen MR) is 63.0 cm³/mol. The van der Waals surface area contributed by atoms with Crippen LogP contribution in [0.15, 0.2) is 18.2 Å². The number of nitrogens with one attached hydrogen (secondary N) is 1. The zero-order chi connectivity index (χ0) is 12.8. The van der Waals surface area contributed by atoms with E-state index >= 15 is 0 Å². The Morgan fingerprint density at radius 2 is 2.18 bits per heavy atom. The van der Waals surface area contributed by atoms with Gasteiger partial charge in [-0.05, 0) is 24.6 Å². The lowest BCUT2D eigenvalue weighted by Crippen LogP contribution is -2.21. The summed E-state index contributed by atoms with van der Waals surface area (Å²) in [6.07, 6.45) is -0.739. The van der Waals surface area contributed by atoms with Gasteiger partial charge in [-0.2, -0.15) is 8.78 Å². The lowest BCUT2D eigenvalue weighted by atomic mass is 10.2. The van der Waals surface area contributed by atoms with Gasteiger partial charge in [-0.25, -0.2) is 0 Å². The summed E-state index contributed by atoms with van der Waals surface area (Å²) in [5.41, 5.74) is 1.21. The fourth-order valence-corrected chi connectivity index (χ4v) is 1.36. The zero-order valence-corrected chi connectivity index (χ0v) is 10.0. The number of halogens is 3. The highest BCUT2D eigenvalue weighted by molar-refractivity contribution is 6.18. The van der Waals surface area contributed by atoms with Crippen molar-refractivity contribution >= 4 is 17.3 Å². The van der Waals surface area contributed by atoms with Gasteiger partial charge in [-0.3, -0.25) is 0 Å². The number of benzene rings is 1. The Balaban J connectivity index is 2.75. The summed E-state index contributed by atoms with van der Waals surface area (Å²) in [7, 11) is 0. The molecule has 0 aliphatic rings. The molecule has 0 radical (unpaired) electrons. The maximum atomic E-state index is 12.2. The van der Waals surface area contributed by atoms with E-state index in [4.69, 9.17) is 11.6 Å². The number of aliphatic hydroxyl groups excluding tert-OH is 1. The van der Waals surface area contributed by atoms with E-state index in [1.165, 1.54) is 6.07 Å². The van der Waals surface area contributed by atoms with Crippen molar-refractivity contribution in [3.05, 3.63) is 23.8 Å². The normalized spacial score (nSPS) is 12.6. The largest absolute Gasteiger partial charge is 0.433 e. The summed E-state index contributed by atoms with van der Waals surface area (Å²) in [5.74, 6) is 0.131. The Morgan fingerprint density at radius 3 is 2.76 bits per heavy atom. The summed E-state index contributed by atoms with van der Waals surface area (Å²) in [6.45, 7) is -0.933. The van der Waals surface area contributed by atoms with Crippen LogP contribution in [-0.4, -0.2) is 30.2 Å². The molecule has 96 valence electrons. The van der Waals surface area contributed by atoms with Gasteiger partial charge in [0.2, 0.25) is 0 Å². The van der Waals surface area contributed by atoms with Crippen LogP contribution in [0.3, 0.4) is 0 Å². The highest BCUT2D eigenvalue weighted by atomic mass is 35.5. The molecule has 0 aromatic heterocycles. The number of anilines is 1. The van der Waals surface area contributed by atoms with Crippen molar-refractivity contribution in [1.29, 1.82) is 0 Å². The molecule has 0 aliphatic carbocycles. The molecule has 0 heterocycles. The quantitative estimate of drug-likeness (QED) is 0.777. The minimum Gasteiger partial charge on any atom is -0.433 e. The van der Waals surface area contributed by atoms with Crippen LogP contribution in [0.2, 0.25) is 0 Å². The molecule has 17 heavy (non-hydrogen) atoms. The number of aryl methyl sites for hydroxylation is 1. The average molecular weight is 266 g/mol. The Morgan fingerprint density at radius 1 is 1.47 bits per heavy atom. The smallest absolute Gasteiger partial charge is 0.387 e. The molecular weight excluding hydrogens is 252 g/mol. The molecule has 1 aromatic carbocycles. The van der Waals surface area contributed by atoms with E-state index in [0.29, 0.717) is 5.69 Å². The molecule has 0 aliphatic heterocycles. The Hall–Kier alpha value is -1.07. The van der Waals surface area contributed by atoms with Gasteiger partial charge in [-0.1, -0.05) is 6.07 Å². The van der Waals surface area contributed by atoms with E-state index in [0.717, 1.165) is 5.56 Å². The summed E-state index contributed by atoms with van der Waals surface area (Å²) in [6, 6.07) is 4.88. The van der Waals surface area contributed by atoms with Crippen LogP contribution in [0.5, 0.6) is 5.75 Å². The van der Waals surface area contributed by atoms with E-state index in [9.17, 15) is 13.9 Å². The van der Waals surface area contributed by atoms with E-state index in [1.807, 2.05) is 0 Å². The molecule has 1 rings (SSSR count). The van der Waals surface area contributed by atoms with Crippen molar-refractivity contribution in [2.75, 3.05) is 17.7 Å². The van der Waals surface area contributed by atoms with Crippen molar-refractivity contribution < 1.29 is 18.6 Å². The molecule has 3 nitrogen and oxygen atoms in total. The van der Waals surface area contributed by atoms with Crippen LogP contribution in [0.25, 0.3) is 0 Å². The van der Waals surface area contributed by atoms with Crippen LogP contribution in [0.4, 0.5) is 14.5 Å². The lowest BCUT2D eigenvalue weighted by molar-refractivity contribution is -0.0493. The fourth-order valence-electron chi connectivity index (χ4n) is 1.25. The molecule has 1 unspecified atom stereocenters. The molecule has 6 heteroatoms. The van der Waals surface area contributed by atoms with Crippen LogP contribution in [0, 0.1) is 6.92 Å². The second-order valence-electron chi connectivity index (χ2n) is 3.57. The molecule has 0 amide bonds. The highest BCUT2D eigenvalue weighted by Crippen LogP contribution is 2.27. The van der Waals surface area contributed by atoms with Crippen molar-refractivity contribution in [3.8, 4) is 5.75 Å². The Kier molecular flexibility index (Phi) is 5.44. The average Bonchev–Trinajstić information content (AvgIpc) is 2.26. The fraction of sp³-hybridized carbons (Fsp3) is 0.455. The van der Waals surface area contributed by atoms with Gasteiger partial charge in [0.1, 0.15) is 5.75 Å². The zero-order valence-electron chi connectivity index (χ0n) is 9.29. The van der Waals surface area contributed by atoms with Gasteiger partial charge < -0.3 is 15.2 Å². The number of alkyl halides is 3. The molecule has 0 bridgehead atoms. The van der Waals surface area contributed by atoms with Gasteiger partial charge in [-0.15, -0.1) is 11.6 Å². The van der Waals surface area contributed by atoms with Gasteiger partial charge in [0.15, 0.2) is 0 Å². The molecule has 0 spiro atoms. The lowest BCUT2D eigenvalue weighted by Gasteiger charge is -2.15. The van der Waals surface area contributed by atoms with Crippen molar-refractivity contribution in [2.24, 2.45) is 0 Å². The third-order valence-electron chi connectivity index (χ3n) is 2.06. The number of rotatable bonds is 6. The van der Waals surface area contributed by atoms with Crippen LogP contribution < -0.4 is 10.1 Å². The van der Waals surface area contributed by atoms with Crippen molar-refractivity contribution in [2.45, 2.75) is 19.6 Å². The first kappa shape index (κ1) is 14.0. The molecule has 2 N–H and O–H groups in total. The Bertz CT molecular complexity index is 363. The second-order valence-corrected chi connectivity index (χ2v) is 3.88. The number of hydrogen-bond donors (Lipinski definition) is 2. The van der Waals surface area contributed by atoms with Gasteiger partial charge in [0, 0.05) is 6.54 Å². The summed E-state index contributed by atoms with van der Waals surface area (Å²) in [4.78, 5) is 0. The number of aliphatic hydroxyl groups is 1. The Labute approximate surface area is 103 Å². The summed E-state index contributed by atoms with van der Waals surface area (Å²) in [5, 5.41) is 12.1. The van der Waals surface area contributed by atoms with Crippen LogP contribution in [-0.2, 0) is 0 Å². The molecule has 1 atom stereocenters. The topological polar surface area (TPSA) is 41.5 Å². The van der Waals surface area contributed by atoms with Crippen molar-refractivity contribution in [1.82, 2.24) is 0 Å². The maximum Gasteiger partial charge on any atom is 0.387 e. The van der Waals surface area contributed by atoms with E-state index < -0.39 is 12.7 Å². The first-order chi connectivity index (χ1) is 8.02. The van der Waals surface area contributed by atoms with Gasteiger partial charge in [0.25, 0.3) is 0 Å². The molecule has 0 fully saturated rings. The summed E-state index contributed by atoms with van der Waals surface area (Å²) >= 11 is 5.43. The van der Waals surface area contributed by atoms with Crippen molar-refractivity contribution in [3.63, 3.8) is 0 Å². The SMILES string of the molecule is Cc1ccc(NCC(O)CCl)c(OC(F)F)c1. The number of ether oxygens (including phenoxy) is 1. The molecule has 0 saturated heterocycles. The van der Waals surface area contributed by atoms with E-state index in [1.54, 1.807) is 19.1 Å². The first-order valence-corrected chi connectivity index (χ1v) is 5.59. The molecular formula is C11H14ClF2NO2. The molecule has 1 aromatic rings. The van der Waals surface area contributed by atoms with Crippen LogP contribution in [0.1, 0.15) is 5.56 Å². The third-order valence-corrected chi connectivity index (χ3v) is 2.42. The minimum atomic E-state index is -2.88. The van der Waals surface area contributed by atoms with E-state index in [-0.39, 0.29) is 18.2 Å². The predicted octanol–water partition coefficient (Wildman–Crippen LogP) is 2.61. The monoisotopic (exact) mass is 265 g/mol. The maximum absolute atomic E-state index is 12.2. The minimum absolute atomic E-state index is 0.0572. The van der Waals surface area contributed by atoms with E-state index in [2.05, 4.69) is 10.1 Å². The van der Waals surface area contributed by atoms with Crippen LogP contribution >= 0.6 is 11.6 Å². The van der Waals surface area contributed by atoms with Gasteiger partial charge in [0.05, 0.1) is 17.7 Å². The second kappa shape index (κ2) is 6.61. The third kappa shape index (κ3) is 4.75. The first-order valence-electron chi connectivity index (χ1n) is 5.06.